The van der Waals surface area contributed by atoms with Crippen LogP contribution < -0.4 is 9.13 Å². The molecule has 0 saturated carbocycles. The van der Waals surface area contributed by atoms with Crippen molar-refractivity contribution in [1.82, 2.24) is 9.13 Å². The van der Waals surface area contributed by atoms with Crippen molar-refractivity contribution in [3.8, 4) is 11.4 Å². The van der Waals surface area contributed by atoms with Gasteiger partial charge in [0, 0.05) is 0 Å². The first-order valence-corrected chi connectivity index (χ1v) is 12.5. The number of unbranched alkanes of at least 4 members (excludes halogenated alkanes) is 1. The quantitative estimate of drug-likeness (QED) is 0.243. The van der Waals surface area contributed by atoms with E-state index in [9.17, 15) is 0 Å². The van der Waals surface area contributed by atoms with Gasteiger partial charge < -0.3 is 0 Å². The summed E-state index contributed by atoms with van der Waals surface area (Å²) in [5.41, 5.74) is 5.52. The molecule has 34 heavy (non-hydrogen) atoms. The molecule has 2 aromatic heterocycles. The van der Waals surface area contributed by atoms with Crippen molar-refractivity contribution in [2.45, 2.75) is 78.3 Å². The average Bonchev–Trinajstić information content (AvgIpc) is 3.46. The monoisotopic (exact) mass is 456 g/mol. The third kappa shape index (κ3) is 5.85. The van der Waals surface area contributed by atoms with Gasteiger partial charge in [0.1, 0.15) is 36.2 Å². The molecule has 0 N–H and O–H groups in total. The number of benzene rings is 2. The van der Waals surface area contributed by atoms with E-state index in [4.69, 9.17) is 0 Å². The first-order chi connectivity index (χ1) is 16.1. The Morgan fingerprint density at radius 1 is 0.559 bits per heavy atom. The molecule has 0 aliphatic carbocycles. The average molecular weight is 457 g/mol. The summed E-state index contributed by atoms with van der Waals surface area (Å²) in [7, 11) is 0. The van der Waals surface area contributed by atoms with Crippen LogP contribution in [-0.4, -0.2) is 9.13 Å². The second-order valence-electron chi connectivity index (χ2n) is 11.4. The van der Waals surface area contributed by atoms with Crippen LogP contribution in [0.25, 0.3) is 11.4 Å². The highest BCUT2D eigenvalue weighted by Crippen LogP contribution is 2.24. The van der Waals surface area contributed by atoms with Crippen LogP contribution in [0.1, 0.15) is 65.5 Å². The zero-order chi connectivity index (χ0) is 24.3. The predicted octanol–water partition coefficient (Wildman–Crippen LogP) is 5.92. The molecule has 178 valence electrons. The minimum absolute atomic E-state index is 0.186. The lowest BCUT2D eigenvalue weighted by atomic mass is 9.87. The van der Waals surface area contributed by atoms with Gasteiger partial charge in [-0.15, -0.1) is 0 Å². The fourth-order valence-electron chi connectivity index (χ4n) is 4.21. The number of aromatic nitrogens is 4. The molecule has 0 radical (unpaired) electrons. The van der Waals surface area contributed by atoms with Crippen molar-refractivity contribution in [1.29, 1.82) is 0 Å². The number of rotatable bonds is 7. The molecule has 4 heteroatoms. The van der Waals surface area contributed by atoms with Gasteiger partial charge in [0.25, 0.3) is 0 Å². The smallest absolute Gasteiger partial charge is 0.236 e. The molecule has 0 unspecified atom stereocenters. The summed E-state index contributed by atoms with van der Waals surface area (Å²) >= 11 is 0. The van der Waals surface area contributed by atoms with Crippen LogP contribution >= 0.6 is 0 Å². The summed E-state index contributed by atoms with van der Waals surface area (Å²) in [6.45, 7) is 15.6. The van der Waals surface area contributed by atoms with Crippen LogP contribution in [0.15, 0.2) is 86.0 Å². The van der Waals surface area contributed by atoms with Gasteiger partial charge in [0.2, 0.25) is 12.7 Å². The van der Waals surface area contributed by atoms with E-state index in [-0.39, 0.29) is 10.8 Å². The van der Waals surface area contributed by atoms with Crippen molar-refractivity contribution >= 4 is 0 Å². The van der Waals surface area contributed by atoms with Gasteiger partial charge in [0.05, 0.1) is 13.1 Å². The SMILES string of the molecule is CC(C)(C)c1ccc(-n2cc[n+](CCCC[n+]3ccn(-c4ccc(C(C)(C)C)cc4)c3)c2)cc1. The van der Waals surface area contributed by atoms with E-state index in [1.807, 2.05) is 0 Å². The molecular weight excluding hydrogens is 416 g/mol. The minimum Gasteiger partial charge on any atom is -0.236 e. The van der Waals surface area contributed by atoms with E-state index < -0.39 is 0 Å². The summed E-state index contributed by atoms with van der Waals surface area (Å²) in [6, 6.07) is 17.8. The fraction of sp³-hybridized carbons (Fsp3) is 0.400. The Bertz CT molecular complexity index is 1100. The molecule has 0 spiro atoms. The zero-order valence-corrected chi connectivity index (χ0v) is 21.7. The van der Waals surface area contributed by atoms with E-state index in [0.29, 0.717) is 0 Å². The van der Waals surface area contributed by atoms with E-state index in [1.54, 1.807) is 0 Å². The molecule has 2 heterocycles. The number of imidazole rings is 2. The Balaban J connectivity index is 1.27. The van der Waals surface area contributed by atoms with Gasteiger partial charge in [-0.3, -0.25) is 0 Å². The third-order valence-electron chi connectivity index (χ3n) is 6.53. The molecule has 4 rings (SSSR count). The molecule has 4 nitrogen and oxygen atoms in total. The molecule has 0 amide bonds. The second-order valence-corrected chi connectivity index (χ2v) is 11.4. The summed E-state index contributed by atoms with van der Waals surface area (Å²) in [5.74, 6) is 0. The standard InChI is InChI=1S/C30H40N4/c1-29(2,3)25-9-13-27(14-10-25)33-21-19-31(23-33)17-7-8-18-32-20-22-34(24-32)28-15-11-26(12-16-28)30(4,5)6/h9-16,19-24H,7-8,17-18H2,1-6H3/q+2. The number of hydrogen-bond donors (Lipinski definition) is 0. The first kappa shape index (κ1) is 24.0. The molecule has 0 aliphatic heterocycles. The van der Waals surface area contributed by atoms with Crippen molar-refractivity contribution in [2.75, 3.05) is 0 Å². The fourth-order valence-corrected chi connectivity index (χ4v) is 4.21. The molecule has 0 aliphatic rings. The maximum absolute atomic E-state index is 2.28. The maximum Gasteiger partial charge on any atom is 0.248 e. The Kier molecular flexibility index (Phi) is 6.79. The zero-order valence-electron chi connectivity index (χ0n) is 21.7. The minimum atomic E-state index is 0.186. The van der Waals surface area contributed by atoms with Crippen LogP contribution in [-0.2, 0) is 23.9 Å². The molecule has 0 bridgehead atoms. The topological polar surface area (TPSA) is 17.6 Å². The maximum atomic E-state index is 2.28. The lowest BCUT2D eigenvalue weighted by molar-refractivity contribution is -0.707. The van der Waals surface area contributed by atoms with E-state index in [0.717, 1.165) is 25.9 Å². The lowest BCUT2D eigenvalue weighted by Gasteiger charge is -2.18. The van der Waals surface area contributed by atoms with Crippen LogP contribution in [0.3, 0.4) is 0 Å². The number of hydrogen-bond acceptors (Lipinski definition) is 0. The number of aryl methyl sites for hydroxylation is 2. The summed E-state index contributed by atoms with van der Waals surface area (Å²) in [5, 5.41) is 0. The van der Waals surface area contributed by atoms with Crippen molar-refractivity contribution < 1.29 is 9.13 Å². The van der Waals surface area contributed by atoms with Crippen molar-refractivity contribution in [2.24, 2.45) is 0 Å². The number of nitrogens with zero attached hydrogens (tertiary/aromatic N) is 4. The Morgan fingerprint density at radius 2 is 0.912 bits per heavy atom. The highest BCUT2D eigenvalue weighted by atomic mass is 15.1. The van der Waals surface area contributed by atoms with Gasteiger partial charge in [-0.1, -0.05) is 65.8 Å². The van der Waals surface area contributed by atoms with Crippen LogP contribution in [0.2, 0.25) is 0 Å². The summed E-state index contributed by atoms with van der Waals surface area (Å²) < 4.78 is 8.97. The summed E-state index contributed by atoms with van der Waals surface area (Å²) in [6.07, 6.45) is 15.3. The molecule has 0 atom stereocenters. The largest absolute Gasteiger partial charge is 0.248 e. The molecular formula is C30H40N4+2. The van der Waals surface area contributed by atoms with Gasteiger partial charge in [0.15, 0.2) is 0 Å². The molecule has 0 fully saturated rings. The van der Waals surface area contributed by atoms with Crippen molar-refractivity contribution in [3.63, 3.8) is 0 Å². The van der Waals surface area contributed by atoms with Gasteiger partial charge in [-0.25, -0.2) is 18.3 Å². The first-order valence-electron chi connectivity index (χ1n) is 12.5. The second kappa shape index (κ2) is 9.61. The predicted molar refractivity (Wildman–Crippen MR) is 139 cm³/mol. The van der Waals surface area contributed by atoms with E-state index >= 15 is 0 Å². The lowest BCUT2D eigenvalue weighted by Crippen LogP contribution is -2.34. The van der Waals surface area contributed by atoms with E-state index in [1.165, 1.54) is 22.5 Å². The van der Waals surface area contributed by atoms with E-state index in [2.05, 4.69) is 146 Å². The van der Waals surface area contributed by atoms with Crippen LogP contribution in [0.5, 0.6) is 0 Å². The molecule has 2 aromatic carbocycles. The van der Waals surface area contributed by atoms with Gasteiger partial charge >= 0.3 is 0 Å². The molecule has 0 saturated heterocycles. The Labute approximate surface area is 205 Å². The Hall–Kier alpha value is -3.14. The third-order valence-corrected chi connectivity index (χ3v) is 6.53. The van der Waals surface area contributed by atoms with Crippen molar-refractivity contribution in [3.05, 3.63) is 97.1 Å². The highest BCUT2D eigenvalue weighted by Gasteiger charge is 2.15. The van der Waals surface area contributed by atoms with Crippen LogP contribution in [0.4, 0.5) is 0 Å². The Morgan fingerprint density at radius 3 is 1.24 bits per heavy atom. The van der Waals surface area contributed by atoms with Gasteiger partial charge in [-0.05, 0) is 59.1 Å². The summed E-state index contributed by atoms with van der Waals surface area (Å²) in [4.78, 5) is 0. The van der Waals surface area contributed by atoms with Crippen LogP contribution in [0, 0.1) is 0 Å². The molecule has 4 aromatic rings. The highest BCUT2D eigenvalue weighted by molar-refractivity contribution is 5.37. The normalized spacial score (nSPS) is 12.3. The van der Waals surface area contributed by atoms with Gasteiger partial charge in [-0.2, -0.15) is 0 Å².